The number of aryl methyl sites for hydroxylation is 1. The van der Waals surface area contributed by atoms with E-state index in [-0.39, 0.29) is 0 Å². The van der Waals surface area contributed by atoms with Gasteiger partial charge in [0.2, 0.25) is 0 Å². The van der Waals surface area contributed by atoms with Crippen molar-refractivity contribution in [2.75, 3.05) is 6.54 Å². The molecule has 1 N–H and O–H groups in total. The van der Waals surface area contributed by atoms with Crippen molar-refractivity contribution in [3.8, 4) is 0 Å². The van der Waals surface area contributed by atoms with Gasteiger partial charge in [-0.1, -0.05) is 18.1 Å². The summed E-state index contributed by atoms with van der Waals surface area (Å²) in [5.74, 6) is 0.877. The minimum absolute atomic E-state index is 0.326. The molecule has 0 aromatic carbocycles. The SMILES string of the molecule is Cn1cc(CC2(C3CC3)CCCCCN2)nn1. The van der Waals surface area contributed by atoms with E-state index in [1.807, 2.05) is 11.7 Å². The van der Waals surface area contributed by atoms with Gasteiger partial charge in [0, 0.05) is 25.2 Å². The standard InChI is InChI=1S/C13H22N4/c1-17-10-12(15-16-17)9-13(11-5-6-11)7-3-2-4-8-14-13/h10-11,14H,2-9H2,1H3. The van der Waals surface area contributed by atoms with E-state index in [9.17, 15) is 0 Å². The Labute approximate surface area is 103 Å². The van der Waals surface area contributed by atoms with Gasteiger partial charge in [-0.3, -0.25) is 4.68 Å². The molecule has 1 aromatic rings. The van der Waals surface area contributed by atoms with Crippen molar-refractivity contribution >= 4 is 0 Å². The van der Waals surface area contributed by atoms with Crippen molar-refractivity contribution in [3.63, 3.8) is 0 Å². The van der Waals surface area contributed by atoms with Gasteiger partial charge in [-0.05, 0) is 38.1 Å². The molecule has 17 heavy (non-hydrogen) atoms. The van der Waals surface area contributed by atoms with Gasteiger partial charge in [0.15, 0.2) is 0 Å². The molecule has 4 heteroatoms. The Balaban J connectivity index is 1.78. The van der Waals surface area contributed by atoms with Crippen molar-refractivity contribution in [3.05, 3.63) is 11.9 Å². The van der Waals surface area contributed by atoms with Gasteiger partial charge >= 0.3 is 0 Å². The number of rotatable bonds is 3. The van der Waals surface area contributed by atoms with Crippen LogP contribution in [0.5, 0.6) is 0 Å². The molecular formula is C13H22N4. The van der Waals surface area contributed by atoms with Crippen LogP contribution in [-0.2, 0) is 13.5 Å². The highest BCUT2D eigenvalue weighted by molar-refractivity contribution is 5.09. The normalized spacial score (nSPS) is 30.2. The van der Waals surface area contributed by atoms with Gasteiger partial charge < -0.3 is 5.32 Å². The van der Waals surface area contributed by atoms with Crippen molar-refractivity contribution < 1.29 is 0 Å². The van der Waals surface area contributed by atoms with Crippen LogP contribution in [0.4, 0.5) is 0 Å². The number of hydrogen-bond acceptors (Lipinski definition) is 3. The van der Waals surface area contributed by atoms with E-state index >= 15 is 0 Å². The molecule has 2 aliphatic rings. The molecule has 1 aliphatic heterocycles. The summed E-state index contributed by atoms with van der Waals surface area (Å²) in [4.78, 5) is 0. The minimum atomic E-state index is 0.326. The third kappa shape index (κ3) is 2.37. The smallest absolute Gasteiger partial charge is 0.0845 e. The molecular weight excluding hydrogens is 212 g/mol. The fraction of sp³-hybridized carbons (Fsp3) is 0.846. The van der Waals surface area contributed by atoms with Crippen molar-refractivity contribution in [2.24, 2.45) is 13.0 Å². The lowest BCUT2D eigenvalue weighted by Crippen LogP contribution is -2.48. The number of nitrogens with zero attached hydrogens (tertiary/aromatic N) is 3. The van der Waals surface area contributed by atoms with Crippen LogP contribution >= 0.6 is 0 Å². The topological polar surface area (TPSA) is 42.7 Å². The van der Waals surface area contributed by atoms with E-state index in [1.165, 1.54) is 45.1 Å². The predicted molar refractivity (Wildman–Crippen MR) is 66.6 cm³/mol. The molecule has 1 atom stereocenters. The maximum absolute atomic E-state index is 4.27. The quantitative estimate of drug-likeness (QED) is 0.865. The van der Waals surface area contributed by atoms with E-state index in [0.29, 0.717) is 5.54 Å². The highest BCUT2D eigenvalue weighted by atomic mass is 15.4. The van der Waals surface area contributed by atoms with Crippen molar-refractivity contribution in [1.82, 2.24) is 20.3 Å². The Hall–Kier alpha value is -0.900. The average molecular weight is 234 g/mol. The molecule has 1 saturated heterocycles. The maximum atomic E-state index is 4.27. The van der Waals surface area contributed by atoms with Gasteiger partial charge in [-0.15, -0.1) is 5.10 Å². The van der Waals surface area contributed by atoms with Crippen molar-refractivity contribution in [1.29, 1.82) is 0 Å². The Kier molecular flexibility index (Phi) is 2.90. The zero-order chi connectivity index (χ0) is 11.7. The van der Waals surface area contributed by atoms with Crippen LogP contribution in [0.1, 0.15) is 44.2 Å². The van der Waals surface area contributed by atoms with E-state index in [0.717, 1.165) is 18.0 Å². The summed E-state index contributed by atoms with van der Waals surface area (Å²) < 4.78 is 1.81. The highest BCUT2D eigenvalue weighted by Crippen LogP contribution is 2.44. The molecule has 0 bridgehead atoms. The molecule has 0 amide bonds. The lowest BCUT2D eigenvalue weighted by molar-refractivity contribution is 0.268. The Bertz CT molecular complexity index is 373. The molecule has 1 aromatic heterocycles. The number of nitrogens with one attached hydrogen (secondary N) is 1. The van der Waals surface area contributed by atoms with Crippen LogP contribution in [0.15, 0.2) is 6.20 Å². The number of aromatic nitrogens is 3. The van der Waals surface area contributed by atoms with E-state index in [4.69, 9.17) is 0 Å². The summed E-state index contributed by atoms with van der Waals surface area (Å²) in [5, 5.41) is 12.2. The molecule has 2 fully saturated rings. The van der Waals surface area contributed by atoms with E-state index in [1.54, 1.807) is 0 Å². The molecule has 1 unspecified atom stereocenters. The lowest BCUT2D eigenvalue weighted by Gasteiger charge is -2.33. The van der Waals surface area contributed by atoms with Gasteiger partial charge in [0.05, 0.1) is 5.69 Å². The summed E-state index contributed by atoms with van der Waals surface area (Å²) in [5.41, 5.74) is 1.47. The summed E-state index contributed by atoms with van der Waals surface area (Å²) >= 11 is 0. The first-order chi connectivity index (χ1) is 8.28. The van der Waals surface area contributed by atoms with Crippen LogP contribution in [0.3, 0.4) is 0 Å². The van der Waals surface area contributed by atoms with Crippen LogP contribution in [0.25, 0.3) is 0 Å². The summed E-state index contributed by atoms with van der Waals surface area (Å²) in [6, 6.07) is 0. The molecule has 1 saturated carbocycles. The van der Waals surface area contributed by atoms with Crippen LogP contribution < -0.4 is 5.32 Å². The first-order valence-corrected chi connectivity index (χ1v) is 6.89. The third-order valence-electron chi connectivity index (χ3n) is 4.28. The first kappa shape index (κ1) is 11.2. The molecule has 3 rings (SSSR count). The first-order valence-electron chi connectivity index (χ1n) is 6.89. The average Bonchev–Trinajstić information content (AvgIpc) is 3.09. The fourth-order valence-electron chi connectivity index (χ4n) is 3.25. The summed E-state index contributed by atoms with van der Waals surface area (Å²) in [6.45, 7) is 1.18. The Morgan fingerprint density at radius 2 is 2.29 bits per heavy atom. The van der Waals surface area contributed by atoms with E-state index in [2.05, 4.69) is 21.8 Å². The lowest BCUT2D eigenvalue weighted by atomic mass is 9.84. The van der Waals surface area contributed by atoms with Crippen LogP contribution in [0, 0.1) is 5.92 Å². The molecule has 0 spiro atoms. The monoisotopic (exact) mass is 234 g/mol. The Morgan fingerprint density at radius 3 is 3.00 bits per heavy atom. The minimum Gasteiger partial charge on any atom is -0.311 e. The van der Waals surface area contributed by atoms with E-state index < -0.39 is 0 Å². The second-order valence-electron chi connectivity index (χ2n) is 5.73. The predicted octanol–water partition coefficient (Wildman–Crippen LogP) is 1.67. The molecule has 4 nitrogen and oxygen atoms in total. The summed E-state index contributed by atoms with van der Waals surface area (Å²) in [7, 11) is 1.95. The third-order valence-corrected chi connectivity index (χ3v) is 4.28. The second-order valence-corrected chi connectivity index (χ2v) is 5.73. The zero-order valence-corrected chi connectivity index (χ0v) is 10.7. The second kappa shape index (κ2) is 4.41. The largest absolute Gasteiger partial charge is 0.311 e. The van der Waals surface area contributed by atoms with Gasteiger partial charge in [-0.25, -0.2) is 0 Å². The number of hydrogen-bond donors (Lipinski definition) is 1. The van der Waals surface area contributed by atoms with Gasteiger partial charge in [0.1, 0.15) is 0 Å². The molecule has 2 heterocycles. The summed E-state index contributed by atoms with van der Waals surface area (Å²) in [6.07, 6.45) is 11.3. The van der Waals surface area contributed by atoms with Gasteiger partial charge in [-0.2, -0.15) is 0 Å². The zero-order valence-electron chi connectivity index (χ0n) is 10.7. The van der Waals surface area contributed by atoms with Crippen LogP contribution in [0.2, 0.25) is 0 Å². The Morgan fingerprint density at radius 1 is 1.41 bits per heavy atom. The molecule has 0 radical (unpaired) electrons. The highest BCUT2D eigenvalue weighted by Gasteiger charge is 2.45. The fourth-order valence-corrected chi connectivity index (χ4v) is 3.25. The van der Waals surface area contributed by atoms with Crippen LogP contribution in [-0.4, -0.2) is 27.1 Å². The molecule has 1 aliphatic carbocycles. The maximum Gasteiger partial charge on any atom is 0.0845 e. The molecule has 94 valence electrons. The van der Waals surface area contributed by atoms with Gasteiger partial charge in [0.25, 0.3) is 0 Å². The van der Waals surface area contributed by atoms with Crippen molar-refractivity contribution in [2.45, 2.75) is 50.5 Å².